The van der Waals surface area contributed by atoms with Crippen molar-refractivity contribution in [2.45, 2.75) is 83.1 Å². The van der Waals surface area contributed by atoms with Crippen molar-refractivity contribution in [3.63, 3.8) is 0 Å². The van der Waals surface area contributed by atoms with E-state index in [1.807, 2.05) is 0 Å². The smallest absolute Gasteiger partial charge is 0.324 e. The summed E-state index contributed by atoms with van der Waals surface area (Å²) in [5, 5.41) is 8.57. The number of ether oxygens (including phenoxy) is 2. The normalized spacial score (nSPS) is 13.6. The summed E-state index contributed by atoms with van der Waals surface area (Å²) in [7, 11) is -4.12. The van der Waals surface area contributed by atoms with Crippen molar-refractivity contribution in [1.29, 1.82) is 0 Å². The standard InChI is InChI=1S/C20H31NO8S/c1-19(2,3)28-17(22)11-10-16(18(23)29-20(4,5)6)21-30(25,26)15-9-7-8-14(12-15)13-27-24/h7-9,12,16,21,24H,10-11,13H2,1-6H3. The number of hydrogen-bond donors (Lipinski definition) is 2. The lowest BCUT2D eigenvalue weighted by Gasteiger charge is -2.25. The van der Waals surface area contributed by atoms with Gasteiger partial charge in [0, 0.05) is 6.42 Å². The molecule has 0 aliphatic heterocycles. The molecular weight excluding hydrogens is 414 g/mol. The zero-order valence-corrected chi connectivity index (χ0v) is 19.0. The first kappa shape index (κ1) is 26.0. The second-order valence-corrected chi connectivity index (χ2v) is 10.5. The highest BCUT2D eigenvalue weighted by atomic mass is 32.2. The van der Waals surface area contributed by atoms with Crippen molar-refractivity contribution in [3.05, 3.63) is 29.8 Å². The minimum atomic E-state index is -4.12. The molecule has 1 unspecified atom stereocenters. The molecule has 0 aromatic heterocycles. The molecule has 1 aromatic carbocycles. The third-order valence-corrected chi connectivity index (χ3v) is 4.96. The highest BCUT2D eigenvalue weighted by molar-refractivity contribution is 7.89. The molecule has 2 N–H and O–H groups in total. The van der Waals surface area contributed by atoms with E-state index in [-0.39, 0.29) is 24.3 Å². The maximum absolute atomic E-state index is 12.8. The Kier molecular flexibility index (Phi) is 8.97. The molecule has 1 atom stereocenters. The summed E-state index contributed by atoms with van der Waals surface area (Å²) in [5.74, 6) is -1.36. The van der Waals surface area contributed by atoms with Crippen LogP contribution in [-0.2, 0) is 40.6 Å². The van der Waals surface area contributed by atoms with Gasteiger partial charge >= 0.3 is 11.9 Å². The predicted molar refractivity (Wildman–Crippen MR) is 109 cm³/mol. The molecule has 30 heavy (non-hydrogen) atoms. The van der Waals surface area contributed by atoms with Crippen LogP contribution in [0.2, 0.25) is 0 Å². The van der Waals surface area contributed by atoms with Crippen LogP contribution in [0.1, 0.15) is 59.9 Å². The molecule has 0 aliphatic rings. The fourth-order valence-corrected chi connectivity index (χ4v) is 3.67. The number of sulfonamides is 1. The van der Waals surface area contributed by atoms with Crippen molar-refractivity contribution in [2.75, 3.05) is 0 Å². The molecule has 0 amide bonds. The van der Waals surface area contributed by atoms with Crippen LogP contribution in [0.4, 0.5) is 0 Å². The summed E-state index contributed by atoms with van der Waals surface area (Å²) in [6, 6.07) is 4.40. The fraction of sp³-hybridized carbons (Fsp3) is 0.600. The molecule has 1 rings (SSSR count). The molecule has 0 bridgehead atoms. The lowest BCUT2D eigenvalue weighted by Crippen LogP contribution is -2.44. The molecule has 0 saturated carbocycles. The Morgan fingerprint density at radius 3 is 2.20 bits per heavy atom. The maximum atomic E-state index is 12.8. The fourth-order valence-electron chi connectivity index (χ4n) is 2.38. The Hall–Kier alpha value is -2.01. The van der Waals surface area contributed by atoms with Gasteiger partial charge in [-0.05, 0) is 65.7 Å². The summed E-state index contributed by atoms with van der Waals surface area (Å²) in [6.07, 6.45) is -0.315. The van der Waals surface area contributed by atoms with Gasteiger partial charge in [0.25, 0.3) is 0 Å². The van der Waals surface area contributed by atoms with E-state index in [0.29, 0.717) is 5.56 Å². The average Bonchev–Trinajstić information content (AvgIpc) is 2.56. The molecule has 9 nitrogen and oxygen atoms in total. The van der Waals surface area contributed by atoms with E-state index in [1.54, 1.807) is 47.6 Å². The van der Waals surface area contributed by atoms with Crippen molar-refractivity contribution in [2.24, 2.45) is 0 Å². The highest BCUT2D eigenvalue weighted by Crippen LogP contribution is 2.17. The van der Waals surface area contributed by atoms with Crippen LogP contribution in [0.3, 0.4) is 0 Å². The van der Waals surface area contributed by atoms with Gasteiger partial charge in [-0.1, -0.05) is 12.1 Å². The van der Waals surface area contributed by atoms with E-state index < -0.39 is 39.2 Å². The van der Waals surface area contributed by atoms with Gasteiger partial charge in [0.05, 0.1) is 4.90 Å². The van der Waals surface area contributed by atoms with Crippen molar-refractivity contribution in [1.82, 2.24) is 4.72 Å². The van der Waals surface area contributed by atoms with Gasteiger partial charge in [-0.25, -0.2) is 13.3 Å². The van der Waals surface area contributed by atoms with Crippen molar-refractivity contribution < 1.29 is 37.6 Å². The number of hydrogen-bond acceptors (Lipinski definition) is 8. The van der Waals surface area contributed by atoms with Gasteiger partial charge in [0.2, 0.25) is 10.0 Å². The summed E-state index contributed by atoms with van der Waals surface area (Å²) in [4.78, 5) is 28.5. The quantitative estimate of drug-likeness (QED) is 0.337. The number of rotatable bonds is 9. The Balaban J connectivity index is 3.04. The summed E-state index contributed by atoms with van der Waals surface area (Å²) < 4.78 is 38.4. The SMILES string of the molecule is CC(C)(C)OC(=O)CCC(NS(=O)(=O)c1cccc(COO)c1)C(=O)OC(C)(C)C. The topological polar surface area (TPSA) is 128 Å². The molecule has 0 aliphatic carbocycles. The first-order valence-electron chi connectivity index (χ1n) is 9.45. The Labute approximate surface area is 177 Å². The molecule has 0 radical (unpaired) electrons. The van der Waals surface area contributed by atoms with E-state index in [9.17, 15) is 18.0 Å². The first-order valence-corrected chi connectivity index (χ1v) is 10.9. The largest absolute Gasteiger partial charge is 0.460 e. The zero-order chi connectivity index (χ0) is 23.2. The second-order valence-electron chi connectivity index (χ2n) is 8.75. The van der Waals surface area contributed by atoms with Crippen molar-refractivity contribution in [3.8, 4) is 0 Å². The van der Waals surface area contributed by atoms with E-state index in [2.05, 4.69) is 9.61 Å². The molecular formula is C20H31NO8S. The van der Waals surface area contributed by atoms with Gasteiger partial charge in [0.1, 0.15) is 23.9 Å². The molecule has 170 valence electrons. The van der Waals surface area contributed by atoms with Gasteiger partial charge < -0.3 is 9.47 Å². The van der Waals surface area contributed by atoms with E-state index in [1.165, 1.54) is 18.2 Å². The minimum Gasteiger partial charge on any atom is -0.460 e. The predicted octanol–water partition coefficient (Wildman–Crippen LogP) is 2.79. The van der Waals surface area contributed by atoms with E-state index >= 15 is 0 Å². The monoisotopic (exact) mass is 445 g/mol. The number of benzene rings is 1. The second kappa shape index (κ2) is 10.3. The van der Waals surface area contributed by atoms with Crippen LogP contribution < -0.4 is 4.72 Å². The molecule has 0 fully saturated rings. The Bertz CT molecular complexity index is 837. The Morgan fingerprint density at radius 1 is 1.07 bits per heavy atom. The number of carbonyl (C=O) groups is 2. The zero-order valence-electron chi connectivity index (χ0n) is 18.2. The average molecular weight is 446 g/mol. The van der Waals surface area contributed by atoms with Crippen molar-refractivity contribution >= 4 is 22.0 Å². The lowest BCUT2D eigenvalue weighted by molar-refractivity contribution is -0.253. The van der Waals surface area contributed by atoms with Gasteiger partial charge in [-0.3, -0.25) is 14.8 Å². The third kappa shape index (κ3) is 9.66. The number of carbonyl (C=O) groups excluding carboxylic acids is 2. The van der Waals surface area contributed by atoms with Crippen LogP contribution in [0.25, 0.3) is 0 Å². The van der Waals surface area contributed by atoms with Crippen LogP contribution in [0.15, 0.2) is 29.2 Å². The van der Waals surface area contributed by atoms with Gasteiger partial charge in [-0.15, -0.1) is 0 Å². The van der Waals surface area contributed by atoms with Crippen LogP contribution in [0.5, 0.6) is 0 Å². The molecule has 0 saturated heterocycles. The highest BCUT2D eigenvalue weighted by Gasteiger charge is 2.31. The Morgan fingerprint density at radius 2 is 1.67 bits per heavy atom. The number of esters is 2. The van der Waals surface area contributed by atoms with Gasteiger partial charge in [-0.2, -0.15) is 4.72 Å². The molecule has 0 spiro atoms. The lowest BCUT2D eigenvalue weighted by atomic mass is 10.1. The minimum absolute atomic E-state index is 0.122. The molecule has 10 heteroatoms. The number of nitrogens with one attached hydrogen (secondary N) is 1. The maximum Gasteiger partial charge on any atom is 0.324 e. The first-order chi connectivity index (χ1) is 13.6. The molecule has 1 aromatic rings. The van der Waals surface area contributed by atoms with Crippen LogP contribution in [0, 0.1) is 0 Å². The molecule has 0 heterocycles. The third-order valence-electron chi connectivity index (χ3n) is 3.49. The van der Waals surface area contributed by atoms with Gasteiger partial charge in [0.15, 0.2) is 0 Å². The van der Waals surface area contributed by atoms with E-state index in [0.717, 1.165) is 0 Å². The van der Waals surface area contributed by atoms with Crippen LogP contribution >= 0.6 is 0 Å². The summed E-state index contributed by atoms with van der Waals surface area (Å²) in [6.45, 7) is 9.90. The van der Waals surface area contributed by atoms with Crippen LogP contribution in [-0.4, -0.2) is 42.9 Å². The van der Waals surface area contributed by atoms with E-state index in [4.69, 9.17) is 14.7 Å². The summed E-state index contributed by atoms with van der Waals surface area (Å²) in [5.41, 5.74) is -1.12. The summed E-state index contributed by atoms with van der Waals surface area (Å²) >= 11 is 0.